The summed E-state index contributed by atoms with van der Waals surface area (Å²) in [7, 11) is 4.11. The van der Waals surface area contributed by atoms with Gasteiger partial charge in [-0.1, -0.05) is 42.5 Å². The van der Waals surface area contributed by atoms with E-state index >= 15 is 0 Å². The van der Waals surface area contributed by atoms with Gasteiger partial charge in [0.2, 0.25) is 0 Å². The van der Waals surface area contributed by atoms with Crippen LogP contribution >= 0.6 is 0 Å². The lowest BCUT2D eigenvalue weighted by Gasteiger charge is -2.29. The number of hydrogen-bond acceptors (Lipinski definition) is 3. The smallest absolute Gasteiger partial charge is 0.126 e. The third kappa shape index (κ3) is 5.31. The first-order valence-corrected chi connectivity index (χ1v) is 9.10. The van der Waals surface area contributed by atoms with Gasteiger partial charge in [-0.15, -0.1) is 0 Å². The lowest BCUT2D eigenvalue weighted by Crippen LogP contribution is -2.36. The van der Waals surface area contributed by atoms with Crippen molar-refractivity contribution in [3.8, 4) is 0 Å². The van der Waals surface area contributed by atoms with Gasteiger partial charge in [0.1, 0.15) is 5.82 Å². The van der Waals surface area contributed by atoms with Crippen molar-refractivity contribution in [3.63, 3.8) is 0 Å². The van der Waals surface area contributed by atoms with Crippen molar-refractivity contribution in [1.29, 1.82) is 0 Å². The lowest BCUT2D eigenvalue weighted by molar-refractivity contribution is 0.347. The Labute approximate surface area is 161 Å². The molecule has 0 aromatic heterocycles. The van der Waals surface area contributed by atoms with Gasteiger partial charge in [0, 0.05) is 12.7 Å². The van der Waals surface area contributed by atoms with Crippen LogP contribution in [0.3, 0.4) is 0 Å². The molecule has 0 bridgehead atoms. The van der Waals surface area contributed by atoms with Crippen LogP contribution in [-0.4, -0.2) is 37.1 Å². The summed E-state index contributed by atoms with van der Waals surface area (Å²) >= 11 is 0. The van der Waals surface area contributed by atoms with Crippen molar-refractivity contribution in [2.75, 3.05) is 27.2 Å². The Morgan fingerprint density at radius 2 is 1.89 bits per heavy atom. The minimum Gasteiger partial charge on any atom is -0.305 e. The van der Waals surface area contributed by atoms with Crippen LogP contribution in [0.25, 0.3) is 11.8 Å². The molecule has 3 nitrogen and oxygen atoms in total. The summed E-state index contributed by atoms with van der Waals surface area (Å²) in [5.41, 5.74) is 8.41. The molecule has 1 aliphatic rings. The van der Waals surface area contributed by atoms with E-state index in [1.807, 2.05) is 30.3 Å². The molecular formula is C23H26FN3. The van der Waals surface area contributed by atoms with Gasteiger partial charge in [-0.2, -0.15) is 0 Å². The Morgan fingerprint density at radius 3 is 2.59 bits per heavy atom. The van der Waals surface area contributed by atoms with Gasteiger partial charge < -0.3 is 4.90 Å². The Kier molecular flexibility index (Phi) is 6.09. The predicted octanol–water partition coefficient (Wildman–Crippen LogP) is 4.45. The van der Waals surface area contributed by atoms with E-state index in [4.69, 9.17) is 0 Å². The standard InChI is InChI=1S/C23H26FN3/c1-18-14-21(11-12-22(18)24)23-15-20(16-26(2)3)17-27(25-23)13-7-10-19-8-5-4-6-9-19/h4-12,14-15,17,25H,13,16H2,1-3H3. The normalized spacial score (nSPS) is 14.3. The minimum absolute atomic E-state index is 0.179. The van der Waals surface area contributed by atoms with Crippen LogP contribution in [0.1, 0.15) is 16.7 Å². The van der Waals surface area contributed by atoms with E-state index in [0.717, 1.165) is 24.4 Å². The molecule has 0 unspecified atom stereocenters. The third-order valence-corrected chi connectivity index (χ3v) is 4.30. The van der Waals surface area contributed by atoms with Crippen molar-refractivity contribution in [2.24, 2.45) is 0 Å². The average molecular weight is 363 g/mol. The SMILES string of the molecule is Cc1cc(C2=CC(CN(C)C)=CN(CC=Cc3ccccc3)N2)ccc1F. The van der Waals surface area contributed by atoms with E-state index in [9.17, 15) is 4.39 Å². The van der Waals surface area contributed by atoms with E-state index in [1.165, 1.54) is 17.2 Å². The summed E-state index contributed by atoms with van der Waals surface area (Å²) in [6, 6.07) is 15.5. The van der Waals surface area contributed by atoms with Gasteiger partial charge in [0.15, 0.2) is 0 Å². The molecule has 4 heteroatoms. The fraction of sp³-hybridized carbons (Fsp3) is 0.217. The Morgan fingerprint density at radius 1 is 1.11 bits per heavy atom. The van der Waals surface area contributed by atoms with Crippen LogP contribution in [0, 0.1) is 12.7 Å². The molecule has 2 aromatic carbocycles. The molecule has 3 rings (SSSR count). The monoisotopic (exact) mass is 363 g/mol. The molecule has 0 saturated carbocycles. The van der Waals surface area contributed by atoms with E-state index in [2.05, 4.69) is 66.0 Å². The predicted molar refractivity (Wildman–Crippen MR) is 111 cm³/mol. The highest BCUT2D eigenvalue weighted by molar-refractivity contribution is 5.68. The molecule has 0 amide bonds. The van der Waals surface area contributed by atoms with Gasteiger partial charge >= 0.3 is 0 Å². The van der Waals surface area contributed by atoms with Gasteiger partial charge in [-0.25, -0.2) is 4.39 Å². The van der Waals surface area contributed by atoms with E-state index < -0.39 is 0 Å². The molecule has 1 heterocycles. The van der Waals surface area contributed by atoms with Crippen LogP contribution in [0.15, 0.2) is 72.5 Å². The number of nitrogens with one attached hydrogen (secondary N) is 1. The number of hydrazine groups is 1. The number of likely N-dealkylation sites (N-methyl/N-ethyl adjacent to an activating group) is 1. The van der Waals surface area contributed by atoms with Crippen molar-refractivity contribution in [3.05, 3.63) is 95.0 Å². The molecule has 0 aliphatic carbocycles. The van der Waals surface area contributed by atoms with Gasteiger partial charge in [-0.05, 0) is 67.6 Å². The summed E-state index contributed by atoms with van der Waals surface area (Å²) in [5, 5.41) is 2.06. The summed E-state index contributed by atoms with van der Waals surface area (Å²) < 4.78 is 13.6. The van der Waals surface area contributed by atoms with Gasteiger partial charge in [0.05, 0.1) is 12.2 Å². The first kappa shape index (κ1) is 18.9. The van der Waals surface area contributed by atoms with Gasteiger partial charge in [0.25, 0.3) is 0 Å². The third-order valence-electron chi connectivity index (χ3n) is 4.30. The summed E-state index contributed by atoms with van der Waals surface area (Å²) in [4.78, 5) is 2.14. The Balaban J connectivity index is 1.78. The number of nitrogens with zero attached hydrogens (tertiary/aromatic N) is 2. The summed E-state index contributed by atoms with van der Waals surface area (Å²) in [6.45, 7) is 3.35. The number of benzene rings is 2. The van der Waals surface area contributed by atoms with Crippen molar-refractivity contribution in [1.82, 2.24) is 15.3 Å². The van der Waals surface area contributed by atoms with Crippen molar-refractivity contribution in [2.45, 2.75) is 6.92 Å². The van der Waals surface area contributed by atoms with Gasteiger partial charge in [-0.3, -0.25) is 10.4 Å². The topological polar surface area (TPSA) is 18.5 Å². The highest BCUT2D eigenvalue weighted by Gasteiger charge is 2.13. The summed E-state index contributed by atoms with van der Waals surface area (Å²) in [6.07, 6.45) is 8.49. The number of rotatable bonds is 6. The van der Waals surface area contributed by atoms with Crippen LogP contribution in [0.5, 0.6) is 0 Å². The second-order valence-electron chi connectivity index (χ2n) is 7.04. The number of halogens is 1. The lowest BCUT2D eigenvalue weighted by atomic mass is 10.1. The molecule has 1 N–H and O–H groups in total. The van der Waals surface area contributed by atoms with Crippen LogP contribution in [0.4, 0.5) is 4.39 Å². The number of hydrogen-bond donors (Lipinski definition) is 1. The first-order valence-electron chi connectivity index (χ1n) is 9.10. The average Bonchev–Trinajstić information content (AvgIpc) is 2.64. The fourth-order valence-electron chi connectivity index (χ4n) is 3.02. The molecule has 0 spiro atoms. The quantitative estimate of drug-likeness (QED) is 0.818. The largest absolute Gasteiger partial charge is 0.305 e. The zero-order chi connectivity index (χ0) is 19.2. The Bertz CT molecular complexity index is 866. The van der Waals surface area contributed by atoms with Crippen molar-refractivity contribution < 1.29 is 4.39 Å². The van der Waals surface area contributed by atoms with Crippen LogP contribution in [0.2, 0.25) is 0 Å². The number of aryl methyl sites for hydroxylation is 1. The second kappa shape index (κ2) is 8.69. The zero-order valence-electron chi connectivity index (χ0n) is 16.1. The zero-order valence-corrected chi connectivity index (χ0v) is 16.1. The molecule has 0 fully saturated rings. The maximum absolute atomic E-state index is 13.6. The second-order valence-corrected chi connectivity index (χ2v) is 7.04. The molecule has 0 saturated heterocycles. The van der Waals surface area contributed by atoms with E-state index in [1.54, 1.807) is 6.92 Å². The molecular weight excluding hydrogens is 337 g/mol. The maximum atomic E-state index is 13.6. The van der Waals surface area contributed by atoms with E-state index in [-0.39, 0.29) is 5.82 Å². The first-order chi connectivity index (χ1) is 13.0. The molecule has 0 radical (unpaired) electrons. The molecule has 1 aliphatic heterocycles. The minimum atomic E-state index is -0.179. The van der Waals surface area contributed by atoms with Crippen LogP contribution < -0.4 is 5.43 Å². The Hall–Kier alpha value is -2.85. The van der Waals surface area contributed by atoms with Crippen molar-refractivity contribution >= 4 is 11.8 Å². The van der Waals surface area contributed by atoms with E-state index in [0.29, 0.717) is 5.56 Å². The molecule has 0 atom stereocenters. The fourth-order valence-corrected chi connectivity index (χ4v) is 3.02. The maximum Gasteiger partial charge on any atom is 0.126 e. The molecule has 2 aromatic rings. The highest BCUT2D eigenvalue weighted by Crippen LogP contribution is 2.21. The summed E-state index contributed by atoms with van der Waals surface area (Å²) in [5.74, 6) is -0.179. The van der Waals surface area contributed by atoms with Crippen LogP contribution in [-0.2, 0) is 0 Å². The molecule has 140 valence electrons. The molecule has 27 heavy (non-hydrogen) atoms. The highest BCUT2D eigenvalue weighted by atomic mass is 19.1.